The molecule has 1 N–H and O–H groups in total. The second kappa shape index (κ2) is 9.47. The molecule has 0 unspecified atom stereocenters. The summed E-state index contributed by atoms with van der Waals surface area (Å²) in [7, 11) is 0. The first-order valence-electron chi connectivity index (χ1n) is 10.6. The summed E-state index contributed by atoms with van der Waals surface area (Å²) in [5, 5.41) is 9.68. The molecule has 1 fully saturated rings. The van der Waals surface area contributed by atoms with Crippen LogP contribution in [0.3, 0.4) is 0 Å². The van der Waals surface area contributed by atoms with Crippen LogP contribution < -0.4 is 0 Å². The Kier molecular flexibility index (Phi) is 6.32. The Balaban J connectivity index is 1.52. The van der Waals surface area contributed by atoms with E-state index in [-0.39, 0.29) is 23.5 Å². The molecule has 1 saturated heterocycles. The molecule has 4 rings (SSSR count). The molecule has 0 saturated carbocycles. The molecule has 1 aliphatic rings. The quantitative estimate of drug-likeness (QED) is 0.704. The number of phenolic OH excluding ortho intramolecular Hbond substituents is 1. The standard InChI is InChI=1S/C26H26N2O3/c29-23-14-7-13-22(19-23)25(30)27-15-8-16-28(18-17-27)26(31)24(20-9-3-1-4-10-20)21-11-5-2-6-12-21/h1-7,9-14,19,24,29H,8,15-18H2. The van der Waals surface area contributed by atoms with Crippen molar-refractivity contribution >= 4 is 11.8 Å². The molecular formula is C26H26N2O3. The summed E-state index contributed by atoms with van der Waals surface area (Å²) in [5.41, 5.74) is 2.40. The van der Waals surface area contributed by atoms with Gasteiger partial charge in [-0.2, -0.15) is 0 Å². The van der Waals surface area contributed by atoms with Crippen molar-refractivity contribution in [2.24, 2.45) is 0 Å². The molecule has 31 heavy (non-hydrogen) atoms. The van der Waals surface area contributed by atoms with Crippen LogP contribution in [0.2, 0.25) is 0 Å². The first kappa shape index (κ1) is 20.7. The minimum Gasteiger partial charge on any atom is -0.508 e. The lowest BCUT2D eigenvalue weighted by Crippen LogP contribution is -2.39. The molecule has 158 valence electrons. The average Bonchev–Trinajstić information content (AvgIpc) is 3.06. The van der Waals surface area contributed by atoms with Gasteiger partial charge in [-0.1, -0.05) is 66.7 Å². The van der Waals surface area contributed by atoms with Crippen molar-refractivity contribution in [3.8, 4) is 5.75 Å². The highest BCUT2D eigenvalue weighted by atomic mass is 16.3. The molecule has 0 spiro atoms. The fraction of sp³-hybridized carbons (Fsp3) is 0.231. The lowest BCUT2D eigenvalue weighted by Gasteiger charge is -2.27. The zero-order valence-electron chi connectivity index (χ0n) is 17.4. The zero-order chi connectivity index (χ0) is 21.6. The van der Waals surface area contributed by atoms with Gasteiger partial charge in [-0.25, -0.2) is 0 Å². The van der Waals surface area contributed by atoms with E-state index in [4.69, 9.17) is 0 Å². The first-order valence-corrected chi connectivity index (χ1v) is 10.6. The topological polar surface area (TPSA) is 60.9 Å². The summed E-state index contributed by atoms with van der Waals surface area (Å²) >= 11 is 0. The monoisotopic (exact) mass is 414 g/mol. The highest BCUT2D eigenvalue weighted by Gasteiger charge is 2.29. The van der Waals surface area contributed by atoms with Crippen LogP contribution in [-0.4, -0.2) is 52.9 Å². The van der Waals surface area contributed by atoms with Gasteiger partial charge in [0.25, 0.3) is 5.91 Å². The van der Waals surface area contributed by atoms with Crippen molar-refractivity contribution in [1.82, 2.24) is 9.80 Å². The van der Waals surface area contributed by atoms with Gasteiger partial charge < -0.3 is 14.9 Å². The van der Waals surface area contributed by atoms with Gasteiger partial charge in [-0.3, -0.25) is 9.59 Å². The molecular weight excluding hydrogens is 388 g/mol. The van der Waals surface area contributed by atoms with Crippen molar-refractivity contribution in [2.75, 3.05) is 26.2 Å². The summed E-state index contributed by atoms with van der Waals surface area (Å²) in [5.74, 6) is -0.348. The number of carbonyl (C=O) groups is 2. The Bertz CT molecular complexity index is 997. The van der Waals surface area contributed by atoms with E-state index in [1.54, 1.807) is 23.1 Å². The number of hydrogen-bond donors (Lipinski definition) is 1. The lowest BCUT2D eigenvalue weighted by atomic mass is 9.90. The lowest BCUT2D eigenvalue weighted by molar-refractivity contribution is -0.131. The SMILES string of the molecule is O=C(c1cccc(O)c1)N1CCCN(C(=O)C(c2ccccc2)c2ccccc2)CC1. The summed E-state index contributed by atoms with van der Waals surface area (Å²) in [6, 6.07) is 26.1. The van der Waals surface area contributed by atoms with Gasteiger partial charge in [0.1, 0.15) is 5.75 Å². The zero-order valence-corrected chi connectivity index (χ0v) is 17.4. The first-order chi connectivity index (χ1) is 15.1. The van der Waals surface area contributed by atoms with Crippen molar-refractivity contribution in [2.45, 2.75) is 12.3 Å². The fourth-order valence-electron chi connectivity index (χ4n) is 4.11. The molecule has 3 aromatic carbocycles. The van der Waals surface area contributed by atoms with Crippen LogP contribution in [0, 0.1) is 0 Å². The fourth-order valence-corrected chi connectivity index (χ4v) is 4.11. The number of nitrogens with zero attached hydrogens (tertiary/aromatic N) is 2. The van der Waals surface area contributed by atoms with Gasteiger partial charge >= 0.3 is 0 Å². The normalized spacial score (nSPS) is 14.4. The maximum atomic E-state index is 13.6. The van der Waals surface area contributed by atoms with Gasteiger partial charge in [-0.05, 0) is 35.7 Å². The smallest absolute Gasteiger partial charge is 0.254 e. The van der Waals surface area contributed by atoms with Gasteiger partial charge in [0.15, 0.2) is 0 Å². The van der Waals surface area contributed by atoms with E-state index in [9.17, 15) is 14.7 Å². The van der Waals surface area contributed by atoms with Gasteiger partial charge in [0, 0.05) is 31.7 Å². The van der Waals surface area contributed by atoms with Crippen LogP contribution in [0.1, 0.15) is 33.8 Å². The number of amides is 2. The van der Waals surface area contributed by atoms with E-state index in [1.165, 1.54) is 6.07 Å². The maximum absolute atomic E-state index is 13.6. The minimum absolute atomic E-state index is 0.0593. The Morgan fingerprint density at radius 3 is 1.90 bits per heavy atom. The van der Waals surface area contributed by atoms with E-state index >= 15 is 0 Å². The number of benzene rings is 3. The van der Waals surface area contributed by atoms with E-state index in [2.05, 4.69) is 0 Å². The summed E-state index contributed by atoms with van der Waals surface area (Å²) in [4.78, 5) is 30.1. The highest BCUT2D eigenvalue weighted by Crippen LogP contribution is 2.27. The second-order valence-electron chi connectivity index (χ2n) is 7.78. The summed E-state index contributed by atoms with van der Waals surface area (Å²) < 4.78 is 0. The molecule has 2 amide bonds. The number of carbonyl (C=O) groups excluding carboxylic acids is 2. The predicted molar refractivity (Wildman–Crippen MR) is 120 cm³/mol. The van der Waals surface area contributed by atoms with Gasteiger partial charge in [-0.15, -0.1) is 0 Å². The Morgan fingerprint density at radius 1 is 0.710 bits per heavy atom. The average molecular weight is 415 g/mol. The van der Waals surface area contributed by atoms with E-state index in [0.29, 0.717) is 38.2 Å². The predicted octanol–water partition coefficient (Wildman–Crippen LogP) is 3.90. The molecule has 3 aromatic rings. The van der Waals surface area contributed by atoms with Crippen molar-refractivity contribution in [3.63, 3.8) is 0 Å². The molecule has 0 bridgehead atoms. The van der Waals surface area contributed by atoms with Crippen LogP contribution in [-0.2, 0) is 4.79 Å². The second-order valence-corrected chi connectivity index (χ2v) is 7.78. The van der Waals surface area contributed by atoms with Crippen LogP contribution in [0.5, 0.6) is 5.75 Å². The van der Waals surface area contributed by atoms with E-state index in [1.807, 2.05) is 65.6 Å². The third kappa shape index (κ3) is 4.77. The Hall–Kier alpha value is -3.60. The van der Waals surface area contributed by atoms with Crippen LogP contribution in [0.4, 0.5) is 0 Å². The van der Waals surface area contributed by atoms with Crippen molar-refractivity contribution in [3.05, 3.63) is 102 Å². The summed E-state index contributed by atoms with van der Waals surface area (Å²) in [6.45, 7) is 2.15. The number of hydrogen-bond acceptors (Lipinski definition) is 3. The van der Waals surface area contributed by atoms with Crippen LogP contribution in [0.25, 0.3) is 0 Å². The number of rotatable bonds is 4. The molecule has 1 aliphatic heterocycles. The maximum Gasteiger partial charge on any atom is 0.254 e. The molecule has 1 heterocycles. The van der Waals surface area contributed by atoms with Crippen molar-refractivity contribution < 1.29 is 14.7 Å². The molecule has 0 aromatic heterocycles. The minimum atomic E-state index is -0.365. The van der Waals surface area contributed by atoms with Gasteiger partial charge in [0.05, 0.1) is 5.92 Å². The third-order valence-corrected chi connectivity index (χ3v) is 5.70. The number of phenols is 1. The highest BCUT2D eigenvalue weighted by molar-refractivity contribution is 5.94. The van der Waals surface area contributed by atoms with E-state index in [0.717, 1.165) is 11.1 Å². The van der Waals surface area contributed by atoms with Gasteiger partial charge in [0.2, 0.25) is 5.91 Å². The Morgan fingerprint density at radius 2 is 1.29 bits per heavy atom. The largest absolute Gasteiger partial charge is 0.508 e. The van der Waals surface area contributed by atoms with E-state index < -0.39 is 0 Å². The molecule has 0 aliphatic carbocycles. The van der Waals surface area contributed by atoms with Crippen LogP contribution >= 0.6 is 0 Å². The summed E-state index contributed by atoms with van der Waals surface area (Å²) in [6.07, 6.45) is 0.715. The van der Waals surface area contributed by atoms with Crippen LogP contribution in [0.15, 0.2) is 84.9 Å². The number of aromatic hydroxyl groups is 1. The third-order valence-electron chi connectivity index (χ3n) is 5.70. The molecule has 0 radical (unpaired) electrons. The molecule has 0 atom stereocenters. The molecule has 5 nitrogen and oxygen atoms in total. The molecule has 5 heteroatoms. The Labute approximate surface area is 182 Å². The van der Waals surface area contributed by atoms with Crippen molar-refractivity contribution in [1.29, 1.82) is 0 Å².